The zero-order chi connectivity index (χ0) is 15.0. The number of para-hydroxylation sites is 1. The highest BCUT2D eigenvalue weighted by Crippen LogP contribution is 2.38. The molecule has 0 saturated carbocycles. The van der Waals surface area contributed by atoms with Gasteiger partial charge in [0.2, 0.25) is 0 Å². The van der Waals surface area contributed by atoms with Crippen LogP contribution in [0.1, 0.15) is 50.5 Å². The molecule has 1 atom stereocenters. The number of methoxy groups -OCH3 is 2. The Kier molecular flexibility index (Phi) is 6.91. The second-order valence-corrected chi connectivity index (χ2v) is 4.87. The summed E-state index contributed by atoms with van der Waals surface area (Å²) >= 11 is 0. The van der Waals surface area contributed by atoms with Crippen molar-refractivity contribution >= 4 is 5.97 Å². The third-order valence-corrected chi connectivity index (χ3v) is 3.45. The van der Waals surface area contributed by atoms with Crippen molar-refractivity contribution in [3.8, 4) is 11.5 Å². The zero-order valence-electron chi connectivity index (χ0n) is 12.5. The number of aliphatic carboxylic acids is 1. The van der Waals surface area contributed by atoms with Gasteiger partial charge in [-0.05, 0) is 18.4 Å². The summed E-state index contributed by atoms with van der Waals surface area (Å²) in [5.41, 5.74) is 0.922. The minimum absolute atomic E-state index is 0.0379. The molecule has 0 aromatic heterocycles. The SMILES string of the molecule is CCCCC[C@@H](CC(=O)O)c1cccc(OC)c1OC. The van der Waals surface area contributed by atoms with Crippen molar-refractivity contribution in [2.45, 2.75) is 44.9 Å². The quantitative estimate of drug-likeness (QED) is 0.698. The van der Waals surface area contributed by atoms with E-state index in [0.717, 1.165) is 31.2 Å². The molecule has 4 nitrogen and oxygen atoms in total. The first-order valence-corrected chi connectivity index (χ1v) is 7.06. The number of hydrogen-bond acceptors (Lipinski definition) is 3. The van der Waals surface area contributed by atoms with E-state index in [-0.39, 0.29) is 12.3 Å². The normalized spacial score (nSPS) is 11.9. The molecule has 1 N–H and O–H groups in total. The molecule has 4 heteroatoms. The molecule has 1 aromatic carbocycles. The smallest absolute Gasteiger partial charge is 0.303 e. The van der Waals surface area contributed by atoms with Crippen LogP contribution >= 0.6 is 0 Å². The monoisotopic (exact) mass is 280 g/mol. The second kappa shape index (κ2) is 8.46. The van der Waals surface area contributed by atoms with Crippen molar-refractivity contribution < 1.29 is 19.4 Å². The molecule has 1 rings (SSSR count). The minimum Gasteiger partial charge on any atom is -0.493 e. The van der Waals surface area contributed by atoms with Gasteiger partial charge < -0.3 is 14.6 Å². The first kappa shape index (κ1) is 16.3. The molecular weight excluding hydrogens is 256 g/mol. The van der Waals surface area contributed by atoms with Gasteiger partial charge in [-0.3, -0.25) is 4.79 Å². The summed E-state index contributed by atoms with van der Waals surface area (Å²) in [6.07, 6.45) is 4.23. The van der Waals surface area contributed by atoms with Gasteiger partial charge in [0.25, 0.3) is 0 Å². The molecule has 0 unspecified atom stereocenters. The zero-order valence-corrected chi connectivity index (χ0v) is 12.5. The van der Waals surface area contributed by atoms with Crippen molar-refractivity contribution in [3.05, 3.63) is 23.8 Å². The fourth-order valence-electron chi connectivity index (χ4n) is 2.45. The highest BCUT2D eigenvalue weighted by atomic mass is 16.5. The standard InChI is InChI=1S/C16H24O4/c1-4-5-6-8-12(11-15(17)18)13-9-7-10-14(19-2)16(13)20-3/h7,9-10,12H,4-6,8,11H2,1-3H3,(H,17,18)/t12-/m0/s1. The Morgan fingerprint density at radius 1 is 1.25 bits per heavy atom. The van der Waals surface area contributed by atoms with Gasteiger partial charge in [0.05, 0.1) is 20.6 Å². The lowest BCUT2D eigenvalue weighted by Gasteiger charge is -2.20. The Morgan fingerprint density at radius 3 is 2.55 bits per heavy atom. The second-order valence-electron chi connectivity index (χ2n) is 4.87. The van der Waals surface area contributed by atoms with Gasteiger partial charge in [-0.1, -0.05) is 38.3 Å². The van der Waals surface area contributed by atoms with Crippen LogP contribution in [0.25, 0.3) is 0 Å². The number of unbranched alkanes of at least 4 members (excludes halogenated alkanes) is 2. The van der Waals surface area contributed by atoms with Crippen molar-refractivity contribution in [1.29, 1.82) is 0 Å². The Balaban J connectivity index is 3.02. The van der Waals surface area contributed by atoms with Gasteiger partial charge in [0.1, 0.15) is 0 Å². The van der Waals surface area contributed by atoms with E-state index in [9.17, 15) is 4.79 Å². The summed E-state index contributed by atoms with van der Waals surface area (Å²) in [5.74, 6) is 0.481. The molecule has 0 fully saturated rings. The number of carbonyl (C=O) groups is 1. The van der Waals surface area contributed by atoms with Crippen LogP contribution in [-0.4, -0.2) is 25.3 Å². The molecule has 0 radical (unpaired) electrons. The van der Waals surface area contributed by atoms with E-state index in [2.05, 4.69) is 6.92 Å². The van der Waals surface area contributed by atoms with Gasteiger partial charge >= 0.3 is 5.97 Å². The van der Waals surface area contributed by atoms with Crippen molar-refractivity contribution in [3.63, 3.8) is 0 Å². The van der Waals surface area contributed by atoms with Crippen LogP contribution in [0.15, 0.2) is 18.2 Å². The molecule has 0 aliphatic carbocycles. The van der Waals surface area contributed by atoms with E-state index in [4.69, 9.17) is 14.6 Å². The molecule has 0 heterocycles. The third-order valence-electron chi connectivity index (χ3n) is 3.45. The molecule has 0 aliphatic heterocycles. The molecule has 0 saturated heterocycles. The number of carboxylic acids is 1. The Hall–Kier alpha value is -1.71. The van der Waals surface area contributed by atoms with Gasteiger partial charge in [-0.15, -0.1) is 0 Å². The molecule has 112 valence electrons. The summed E-state index contributed by atoms with van der Waals surface area (Å²) in [7, 11) is 3.18. The fraction of sp³-hybridized carbons (Fsp3) is 0.562. The Labute approximate surface area is 120 Å². The number of carboxylic acid groups (broad SMARTS) is 1. The van der Waals surface area contributed by atoms with Crippen LogP contribution in [0.2, 0.25) is 0 Å². The number of ether oxygens (including phenoxy) is 2. The largest absolute Gasteiger partial charge is 0.493 e. The average Bonchev–Trinajstić information content (AvgIpc) is 2.45. The van der Waals surface area contributed by atoms with Crippen molar-refractivity contribution in [2.24, 2.45) is 0 Å². The van der Waals surface area contributed by atoms with Crippen LogP contribution in [0, 0.1) is 0 Å². The van der Waals surface area contributed by atoms with Crippen LogP contribution in [-0.2, 0) is 4.79 Å². The summed E-state index contributed by atoms with van der Waals surface area (Å²) in [4.78, 5) is 11.1. The predicted octanol–water partition coefficient (Wildman–Crippen LogP) is 3.84. The number of benzene rings is 1. The minimum atomic E-state index is -0.781. The first-order chi connectivity index (χ1) is 9.63. The van der Waals surface area contributed by atoms with E-state index in [0.29, 0.717) is 11.5 Å². The van der Waals surface area contributed by atoms with E-state index in [1.165, 1.54) is 0 Å². The van der Waals surface area contributed by atoms with Crippen molar-refractivity contribution in [1.82, 2.24) is 0 Å². The van der Waals surface area contributed by atoms with Gasteiger partial charge in [-0.25, -0.2) is 0 Å². The van der Waals surface area contributed by atoms with Crippen LogP contribution in [0.5, 0.6) is 11.5 Å². The highest BCUT2D eigenvalue weighted by molar-refractivity contribution is 5.68. The molecule has 1 aromatic rings. The number of rotatable bonds is 9. The molecule has 0 bridgehead atoms. The van der Waals surface area contributed by atoms with Gasteiger partial charge in [0.15, 0.2) is 11.5 Å². The Bertz CT molecular complexity index is 428. The maximum Gasteiger partial charge on any atom is 0.303 e. The molecular formula is C16H24O4. The average molecular weight is 280 g/mol. The molecule has 0 amide bonds. The lowest BCUT2D eigenvalue weighted by Crippen LogP contribution is -2.08. The van der Waals surface area contributed by atoms with E-state index < -0.39 is 5.97 Å². The Morgan fingerprint density at radius 2 is 2.00 bits per heavy atom. The van der Waals surface area contributed by atoms with E-state index in [1.54, 1.807) is 14.2 Å². The van der Waals surface area contributed by atoms with E-state index >= 15 is 0 Å². The lowest BCUT2D eigenvalue weighted by atomic mass is 9.89. The van der Waals surface area contributed by atoms with Crippen LogP contribution in [0.3, 0.4) is 0 Å². The van der Waals surface area contributed by atoms with Crippen molar-refractivity contribution in [2.75, 3.05) is 14.2 Å². The molecule has 0 aliphatic rings. The maximum absolute atomic E-state index is 11.1. The lowest BCUT2D eigenvalue weighted by molar-refractivity contribution is -0.137. The molecule has 0 spiro atoms. The number of hydrogen-bond donors (Lipinski definition) is 1. The third kappa shape index (κ3) is 4.44. The highest BCUT2D eigenvalue weighted by Gasteiger charge is 2.21. The van der Waals surface area contributed by atoms with Crippen LogP contribution < -0.4 is 9.47 Å². The van der Waals surface area contributed by atoms with E-state index in [1.807, 2.05) is 18.2 Å². The first-order valence-electron chi connectivity index (χ1n) is 7.06. The summed E-state index contributed by atoms with van der Waals surface area (Å²) in [6, 6.07) is 5.64. The topological polar surface area (TPSA) is 55.8 Å². The van der Waals surface area contributed by atoms with Gasteiger partial charge in [0, 0.05) is 5.56 Å². The van der Waals surface area contributed by atoms with Crippen LogP contribution in [0.4, 0.5) is 0 Å². The maximum atomic E-state index is 11.1. The molecule has 20 heavy (non-hydrogen) atoms. The van der Waals surface area contributed by atoms with Gasteiger partial charge in [-0.2, -0.15) is 0 Å². The predicted molar refractivity (Wildman–Crippen MR) is 78.7 cm³/mol. The summed E-state index contributed by atoms with van der Waals surface area (Å²) in [5, 5.41) is 9.12. The fourth-order valence-corrected chi connectivity index (χ4v) is 2.45. The summed E-state index contributed by atoms with van der Waals surface area (Å²) < 4.78 is 10.7. The summed E-state index contributed by atoms with van der Waals surface area (Å²) in [6.45, 7) is 2.14.